The Morgan fingerprint density at radius 3 is 2.70 bits per heavy atom. The van der Waals surface area contributed by atoms with Crippen LogP contribution in [0.2, 0.25) is 0 Å². The SMILES string of the molecule is CCCCN(CC(O)c1ccc(F)cc1F)C1CCS(=O)(=O)C1. The first-order valence-corrected chi connectivity index (χ1v) is 9.72. The Bertz CT molecular complexity index is 636. The summed E-state index contributed by atoms with van der Waals surface area (Å²) in [5, 5.41) is 10.3. The fourth-order valence-corrected chi connectivity index (χ4v) is 4.70. The normalized spacial score (nSPS) is 21.7. The average Bonchev–Trinajstić information content (AvgIpc) is 2.83. The van der Waals surface area contributed by atoms with E-state index < -0.39 is 27.6 Å². The average molecular weight is 347 g/mol. The number of aliphatic hydroxyl groups excluding tert-OH is 1. The lowest BCUT2D eigenvalue weighted by Crippen LogP contribution is -2.40. The zero-order chi connectivity index (χ0) is 17.0. The van der Waals surface area contributed by atoms with Crippen molar-refractivity contribution in [2.75, 3.05) is 24.6 Å². The zero-order valence-electron chi connectivity index (χ0n) is 13.2. The Hall–Kier alpha value is -1.05. The molecule has 1 saturated heterocycles. The van der Waals surface area contributed by atoms with E-state index in [0.29, 0.717) is 13.0 Å². The molecule has 130 valence electrons. The van der Waals surface area contributed by atoms with Crippen LogP contribution in [0, 0.1) is 11.6 Å². The molecular formula is C16H23F2NO3S. The Kier molecular flexibility index (Phi) is 6.11. The Balaban J connectivity index is 2.10. The molecule has 7 heteroatoms. The van der Waals surface area contributed by atoms with Crippen LogP contribution in [0.25, 0.3) is 0 Å². The van der Waals surface area contributed by atoms with Gasteiger partial charge < -0.3 is 5.11 Å². The lowest BCUT2D eigenvalue weighted by atomic mass is 10.1. The van der Waals surface area contributed by atoms with E-state index in [1.54, 1.807) is 0 Å². The van der Waals surface area contributed by atoms with Crippen molar-refractivity contribution < 1.29 is 22.3 Å². The van der Waals surface area contributed by atoms with Crippen LogP contribution in [-0.2, 0) is 9.84 Å². The van der Waals surface area contributed by atoms with Crippen molar-refractivity contribution >= 4 is 9.84 Å². The first kappa shape index (κ1) is 18.3. The fraction of sp³-hybridized carbons (Fsp3) is 0.625. The number of rotatable bonds is 7. The van der Waals surface area contributed by atoms with Gasteiger partial charge in [-0.2, -0.15) is 0 Å². The molecule has 1 aliphatic rings. The third-order valence-corrected chi connectivity index (χ3v) is 6.00. The first-order valence-electron chi connectivity index (χ1n) is 7.90. The van der Waals surface area contributed by atoms with Crippen LogP contribution >= 0.6 is 0 Å². The molecule has 0 amide bonds. The van der Waals surface area contributed by atoms with E-state index >= 15 is 0 Å². The maximum atomic E-state index is 13.8. The van der Waals surface area contributed by atoms with E-state index in [1.807, 2.05) is 11.8 Å². The minimum Gasteiger partial charge on any atom is -0.387 e. The molecule has 2 rings (SSSR count). The molecule has 2 unspecified atom stereocenters. The standard InChI is InChI=1S/C16H23F2NO3S/c1-2-3-7-19(13-6-8-23(21,22)11-13)10-16(20)14-5-4-12(17)9-15(14)18/h4-5,9,13,16,20H,2-3,6-8,10-11H2,1H3. The number of unbranched alkanes of at least 4 members (excludes halogenated alkanes) is 1. The van der Waals surface area contributed by atoms with E-state index in [1.165, 1.54) is 6.07 Å². The minimum absolute atomic E-state index is 0.0359. The van der Waals surface area contributed by atoms with Gasteiger partial charge in [0.2, 0.25) is 0 Å². The van der Waals surface area contributed by atoms with Gasteiger partial charge in [-0.05, 0) is 25.5 Å². The van der Waals surface area contributed by atoms with Gasteiger partial charge in [0.25, 0.3) is 0 Å². The molecule has 0 aliphatic carbocycles. The molecule has 1 fully saturated rings. The highest BCUT2D eigenvalue weighted by atomic mass is 32.2. The maximum absolute atomic E-state index is 13.8. The molecular weight excluding hydrogens is 324 g/mol. The van der Waals surface area contributed by atoms with Crippen LogP contribution in [-0.4, -0.2) is 49.1 Å². The summed E-state index contributed by atoms with van der Waals surface area (Å²) in [6.07, 6.45) is 1.23. The van der Waals surface area contributed by atoms with Crippen molar-refractivity contribution in [3.63, 3.8) is 0 Å². The number of hydrogen-bond donors (Lipinski definition) is 1. The lowest BCUT2D eigenvalue weighted by molar-refractivity contribution is 0.0890. The number of aliphatic hydroxyl groups is 1. The van der Waals surface area contributed by atoms with E-state index in [4.69, 9.17) is 0 Å². The van der Waals surface area contributed by atoms with Crippen molar-refractivity contribution in [2.24, 2.45) is 0 Å². The third kappa shape index (κ3) is 4.96. The van der Waals surface area contributed by atoms with Crippen LogP contribution in [0.1, 0.15) is 37.9 Å². The van der Waals surface area contributed by atoms with Gasteiger partial charge in [-0.15, -0.1) is 0 Å². The van der Waals surface area contributed by atoms with E-state index in [9.17, 15) is 22.3 Å². The van der Waals surface area contributed by atoms with Gasteiger partial charge in [-0.3, -0.25) is 4.90 Å². The van der Waals surface area contributed by atoms with Crippen molar-refractivity contribution in [1.29, 1.82) is 0 Å². The van der Waals surface area contributed by atoms with Crippen molar-refractivity contribution in [2.45, 2.75) is 38.3 Å². The third-order valence-electron chi connectivity index (χ3n) is 4.25. The summed E-state index contributed by atoms with van der Waals surface area (Å²) in [6, 6.07) is 2.94. The Morgan fingerprint density at radius 1 is 1.39 bits per heavy atom. The molecule has 0 radical (unpaired) electrons. The van der Waals surface area contributed by atoms with Crippen LogP contribution in [0.5, 0.6) is 0 Å². The van der Waals surface area contributed by atoms with Gasteiger partial charge in [0, 0.05) is 24.2 Å². The second kappa shape index (κ2) is 7.68. The van der Waals surface area contributed by atoms with E-state index in [-0.39, 0.29) is 29.7 Å². The monoisotopic (exact) mass is 347 g/mol. The van der Waals surface area contributed by atoms with Gasteiger partial charge in [-0.25, -0.2) is 17.2 Å². The summed E-state index contributed by atoms with van der Waals surface area (Å²) < 4.78 is 50.1. The summed E-state index contributed by atoms with van der Waals surface area (Å²) in [6.45, 7) is 2.82. The molecule has 1 N–H and O–H groups in total. The molecule has 1 aliphatic heterocycles. The molecule has 2 atom stereocenters. The predicted molar refractivity (Wildman–Crippen MR) is 84.9 cm³/mol. The van der Waals surface area contributed by atoms with Crippen LogP contribution in [0.4, 0.5) is 8.78 Å². The van der Waals surface area contributed by atoms with Gasteiger partial charge in [-0.1, -0.05) is 19.4 Å². The summed E-state index contributed by atoms with van der Waals surface area (Å²) in [7, 11) is -3.03. The van der Waals surface area contributed by atoms with Crippen molar-refractivity contribution in [3.05, 3.63) is 35.4 Å². The molecule has 1 aromatic carbocycles. The smallest absolute Gasteiger partial charge is 0.151 e. The van der Waals surface area contributed by atoms with Crippen molar-refractivity contribution in [3.8, 4) is 0 Å². The Labute approximate surface area is 136 Å². The molecule has 1 heterocycles. The molecule has 23 heavy (non-hydrogen) atoms. The second-order valence-corrected chi connectivity index (χ2v) is 8.32. The minimum atomic E-state index is -3.03. The maximum Gasteiger partial charge on any atom is 0.151 e. The van der Waals surface area contributed by atoms with Gasteiger partial charge >= 0.3 is 0 Å². The number of sulfone groups is 1. The topological polar surface area (TPSA) is 57.6 Å². The Morgan fingerprint density at radius 2 is 2.13 bits per heavy atom. The highest BCUT2D eigenvalue weighted by Gasteiger charge is 2.33. The van der Waals surface area contributed by atoms with Gasteiger partial charge in [0.15, 0.2) is 9.84 Å². The molecule has 4 nitrogen and oxygen atoms in total. The van der Waals surface area contributed by atoms with Crippen LogP contribution in [0.15, 0.2) is 18.2 Å². The number of halogens is 2. The fourth-order valence-electron chi connectivity index (χ4n) is 2.94. The molecule has 0 spiro atoms. The molecule has 0 saturated carbocycles. The molecule has 0 aromatic heterocycles. The summed E-state index contributed by atoms with van der Waals surface area (Å²) >= 11 is 0. The summed E-state index contributed by atoms with van der Waals surface area (Å²) in [4.78, 5) is 1.92. The number of nitrogens with zero attached hydrogens (tertiary/aromatic N) is 1. The molecule has 1 aromatic rings. The van der Waals surface area contributed by atoms with E-state index in [2.05, 4.69) is 0 Å². The van der Waals surface area contributed by atoms with Gasteiger partial charge in [0.05, 0.1) is 17.6 Å². The highest BCUT2D eigenvalue weighted by molar-refractivity contribution is 7.91. The predicted octanol–water partition coefficient (Wildman–Crippen LogP) is 2.29. The largest absolute Gasteiger partial charge is 0.387 e. The zero-order valence-corrected chi connectivity index (χ0v) is 14.0. The summed E-state index contributed by atoms with van der Waals surface area (Å²) in [5.41, 5.74) is 0.0359. The summed E-state index contributed by atoms with van der Waals surface area (Å²) in [5.74, 6) is -1.24. The highest BCUT2D eigenvalue weighted by Crippen LogP contribution is 2.24. The second-order valence-electron chi connectivity index (χ2n) is 6.09. The van der Waals surface area contributed by atoms with E-state index in [0.717, 1.165) is 25.0 Å². The lowest BCUT2D eigenvalue weighted by Gasteiger charge is -2.30. The quantitative estimate of drug-likeness (QED) is 0.822. The number of hydrogen-bond acceptors (Lipinski definition) is 4. The molecule has 0 bridgehead atoms. The van der Waals surface area contributed by atoms with Crippen molar-refractivity contribution in [1.82, 2.24) is 4.90 Å². The van der Waals surface area contributed by atoms with Crippen LogP contribution < -0.4 is 0 Å². The number of benzene rings is 1. The first-order chi connectivity index (χ1) is 10.8. The van der Waals surface area contributed by atoms with Gasteiger partial charge in [0.1, 0.15) is 11.6 Å². The van der Waals surface area contributed by atoms with Crippen LogP contribution in [0.3, 0.4) is 0 Å².